The molecule has 3 rings (SSSR count). The van der Waals surface area contributed by atoms with E-state index in [4.69, 9.17) is 4.42 Å². The van der Waals surface area contributed by atoms with Gasteiger partial charge in [-0.3, -0.25) is 0 Å². The summed E-state index contributed by atoms with van der Waals surface area (Å²) in [4.78, 5) is 4.19. The fraction of sp³-hybridized carbons (Fsp3) is 0.188. The van der Waals surface area contributed by atoms with Gasteiger partial charge in [-0.2, -0.15) is 8.78 Å². The second-order valence-electron chi connectivity index (χ2n) is 5.10. The molecule has 8 heteroatoms. The van der Waals surface area contributed by atoms with Crippen LogP contribution in [0.2, 0.25) is 0 Å². The zero-order valence-corrected chi connectivity index (χ0v) is 12.6. The van der Waals surface area contributed by atoms with Gasteiger partial charge in [0.2, 0.25) is 5.89 Å². The van der Waals surface area contributed by atoms with Gasteiger partial charge in [0.25, 0.3) is 5.89 Å². The van der Waals surface area contributed by atoms with Crippen LogP contribution in [0.5, 0.6) is 0 Å². The smallest absolute Gasteiger partial charge is 0.314 e. The van der Waals surface area contributed by atoms with E-state index in [9.17, 15) is 13.2 Å². The summed E-state index contributed by atoms with van der Waals surface area (Å²) in [5.74, 6) is -0.464. The molecule has 1 atom stereocenters. The SMILES string of the molecule is CC(Nc1ccc(-c2nnc(C(F)F)o2)cn1)c1ccc(F)cc1. The lowest BCUT2D eigenvalue weighted by molar-refractivity contribution is 0.116. The third kappa shape index (κ3) is 3.53. The van der Waals surface area contributed by atoms with Crippen LogP contribution >= 0.6 is 0 Å². The molecule has 0 saturated carbocycles. The number of rotatable bonds is 5. The van der Waals surface area contributed by atoms with Gasteiger partial charge in [0.15, 0.2) is 0 Å². The van der Waals surface area contributed by atoms with E-state index >= 15 is 0 Å². The van der Waals surface area contributed by atoms with Crippen molar-refractivity contribution in [3.63, 3.8) is 0 Å². The molecule has 0 aliphatic heterocycles. The second-order valence-corrected chi connectivity index (χ2v) is 5.10. The highest BCUT2D eigenvalue weighted by molar-refractivity contribution is 5.54. The largest absolute Gasteiger partial charge is 0.415 e. The maximum atomic E-state index is 12.9. The number of nitrogens with one attached hydrogen (secondary N) is 1. The van der Waals surface area contributed by atoms with Crippen LogP contribution in [0.15, 0.2) is 47.0 Å². The predicted octanol–water partition coefficient (Wildman–Crippen LogP) is 4.38. The van der Waals surface area contributed by atoms with Crippen molar-refractivity contribution in [3.8, 4) is 11.5 Å². The number of anilines is 1. The summed E-state index contributed by atoms with van der Waals surface area (Å²) in [7, 11) is 0. The van der Waals surface area contributed by atoms with Crippen LogP contribution in [0.3, 0.4) is 0 Å². The fourth-order valence-electron chi connectivity index (χ4n) is 2.10. The fourth-order valence-corrected chi connectivity index (χ4v) is 2.10. The van der Waals surface area contributed by atoms with Crippen LogP contribution in [0, 0.1) is 5.82 Å². The van der Waals surface area contributed by atoms with Crippen LogP contribution in [-0.4, -0.2) is 15.2 Å². The van der Waals surface area contributed by atoms with Crippen molar-refractivity contribution < 1.29 is 17.6 Å². The van der Waals surface area contributed by atoms with Crippen LogP contribution in [-0.2, 0) is 0 Å². The van der Waals surface area contributed by atoms with Crippen LogP contribution in [0.4, 0.5) is 19.0 Å². The van der Waals surface area contributed by atoms with Crippen molar-refractivity contribution in [1.82, 2.24) is 15.2 Å². The Hall–Kier alpha value is -2.90. The molecule has 1 N–H and O–H groups in total. The van der Waals surface area contributed by atoms with E-state index < -0.39 is 12.3 Å². The summed E-state index contributed by atoms with van der Waals surface area (Å²) < 4.78 is 42.7. The number of alkyl halides is 2. The molecule has 0 fully saturated rings. The van der Waals surface area contributed by atoms with E-state index in [2.05, 4.69) is 20.5 Å². The molecule has 0 amide bonds. The topological polar surface area (TPSA) is 63.8 Å². The van der Waals surface area contributed by atoms with Gasteiger partial charge >= 0.3 is 6.43 Å². The molecule has 0 bridgehead atoms. The highest BCUT2D eigenvalue weighted by atomic mass is 19.3. The van der Waals surface area contributed by atoms with Crippen molar-refractivity contribution in [2.45, 2.75) is 19.4 Å². The first kappa shape index (κ1) is 16.0. The minimum atomic E-state index is -2.81. The molecule has 2 heterocycles. The Morgan fingerprint density at radius 3 is 2.38 bits per heavy atom. The summed E-state index contributed by atoms with van der Waals surface area (Å²) in [5, 5.41) is 9.99. The molecule has 1 aromatic carbocycles. The molecule has 0 aliphatic rings. The van der Waals surface area contributed by atoms with Gasteiger partial charge < -0.3 is 9.73 Å². The highest BCUT2D eigenvalue weighted by Crippen LogP contribution is 2.24. The molecule has 3 aromatic rings. The number of halogens is 3. The van der Waals surface area contributed by atoms with Crippen LogP contribution in [0.1, 0.15) is 30.8 Å². The minimum Gasteiger partial charge on any atom is -0.415 e. The van der Waals surface area contributed by atoms with Crippen LogP contribution in [0.25, 0.3) is 11.5 Å². The molecule has 2 aromatic heterocycles. The minimum absolute atomic E-state index is 0.0177. The number of benzene rings is 1. The van der Waals surface area contributed by atoms with Crippen molar-refractivity contribution in [1.29, 1.82) is 0 Å². The van der Waals surface area contributed by atoms with E-state index in [1.165, 1.54) is 18.3 Å². The van der Waals surface area contributed by atoms with E-state index in [1.807, 2.05) is 6.92 Å². The molecular weight excluding hydrogens is 321 g/mol. The lowest BCUT2D eigenvalue weighted by atomic mass is 10.1. The lowest BCUT2D eigenvalue weighted by Gasteiger charge is -2.14. The first-order chi connectivity index (χ1) is 11.5. The first-order valence-electron chi connectivity index (χ1n) is 7.13. The van der Waals surface area contributed by atoms with E-state index in [0.717, 1.165) is 5.56 Å². The van der Waals surface area contributed by atoms with E-state index in [0.29, 0.717) is 11.4 Å². The summed E-state index contributed by atoms with van der Waals surface area (Å²) >= 11 is 0. The molecule has 0 saturated heterocycles. The molecule has 124 valence electrons. The van der Waals surface area contributed by atoms with Gasteiger partial charge in [-0.25, -0.2) is 9.37 Å². The van der Waals surface area contributed by atoms with E-state index in [1.54, 1.807) is 24.3 Å². The summed E-state index contributed by atoms with van der Waals surface area (Å²) in [6.45, 7) is 1.91. The third-order valence-electron chi connectivity index (χ3n) is 3.37. The molecule has 0 spiro atoms. The molecule has 0 radical (unpaired) electrons. The number of hydrogen-bond acceptors (Lipinski definition) is 5. The summed E-state index contributed by atoms with van der Waals surface area (Å²) in [5.41, 5.74) is 1.34. The van der Waals surface area contributed by atoms with Crippen molar-refractivity contribution in [3.05, 3.63) is 59.9 Å². The second kappa shape index (κ2) is 6.69. The molecule has 1 unspecified atom stereocenters. The van der Waals surface area contributed by atoms with Crippen molar-refractivity contribution in [2.75, 3.05) is 5.32 Å². The van der Waals surface area contributed by atoms with Gasteiger partial charge in [0.1, 0.15) is 11.6 Å². The zero-order chi connectivity index (χ0) is 17.1. The Balaban J connectivity index is 1.70. The number of pyridine rings is 1. The van der Waals surface area contributed by atoms with Gasteiger partial charge in [0, 0.05) is 12.2 Å². The highest BCUT2D eigenvalue weighted by Gasteiger charge is 2.17. The molecular formula is C16H13F3N4O. The summed E-state index contributed by atoms with van der Waals surface area (Å²) in [6, 6.07) is 9.37. The number of hydrogen-bond donors (Lipinski definition) is 1. The normalized spacial score (nSPS) is 12.4. The number of nitrogens with zero attached hydrogens (tertiary/aromatic N) is 3. The molecule has 24 heavy (non-hydrogen) atoms. The van der Waals surface area contributed by atoms with Gasteiger partial charge in [-0.05, 0) is 36.8 Å². The average Bonchev–Trinajstić information content (AvgIpc) is 3.06. The van der Waals surface area contributed by atoms with Gasteiger partial charge in [-0.1, -0.05) is 12.1 Å². The quantitative estimate of drug-likeness (QED) is 0.750. The summed E-state index contributed by atoms with van der Waals surface area (Å²) in [6.07, 6.45) is -1.36. The number of aromatic nitrogens is 3. The Morgan fingerprint density at radius 1 is 1.04 bits per heavy atom. The van der Waals surface area contributed by atoms with Crippen LogP contribution < -0.4 is 5.32 Å². The zero-order valence-electron chi connectivity index (χ0n) is 12.6. The Kier molecular flexibility index (Phi) is 4.45. The Bertz CT molecular complexity index is 803. The Labute approximate surface area is 135 Å². The van der Waals surface area contributed by atoms with Crippen molar-refractivity contribution >= 4 is 5.82 Å². The average molecular weight is 334 g/mol. The van der Waals surface area contributed by atoms with E-state index in [-0.39, 0.29) is 17.7 Å². The molecule has 5 nitrogen and oxygen atoms in total. The predicted molar refractivity (Wildman–Crippen MR) is 80.9 cm³/mol. The standard InChI is InChI=1S/C16H13F3N4O/c1-9(10-2-5-12(17)6-3-10)21-13-7-4-11(8-20-13)15-22-23-16(24-15)14(18)19/h2-9,14H,1H3,(H,20,21). The maximum absolute atomic E-state index is 12.9. The van der Waals surface area contributed by atoms with Gasteiger partial charge in [-0.15, -0.1) is 10.2 Å². The molecule has 0 aliphatic carbocycles. The lowest BCUT2D eigenvalue weighted by Crippen LogP contribution is -2.07. The third-order valence-corrected chi connectivity index (χ3v) is 3.37. The maximum Gasteiger partial charge on any atom is 0.314 e. The Morgan fingerprint density at radius 2 is 1.79 bits per heavy atom. The van der Waals surface area contributed by atoms with Gasteiger partial charge in [0.05, 0.1) is 5.56 Å². The first-order valence-corrected chi connectivity index (χ1v) is 7.13. The monoisotopic (exact) mass is 334 g/mol. The van der Waals surface area contributed by atoms with Crippen molar-refractivity contribution in [2.24, 2.45) is 0 Å².